The Balaban J connectivity index is 2.44. The van der Waals surface area contributed by atoms with E-state index in [0.717, 1.165) is 18.1 Å². The highest BCUT2D eigenvalue weighted by Crippen LogP contribution is 2.01. The number of hydrogen-bond donors (Lipinski definition) is 2. The Morgan fingerprint density at radius 3 is 2.58 bits per heavy atom. The van der Waals surface area contributed by atoms with Crippen LogP contribution in [-0.2, 0) is 6.54 Å². The zero-order chi connectivity index (χ0) is 9.19. The Morgan fingerprint density at radius 2 is 2.17 bits per heavy atom. The lowest BCUT2D eigenvalue weighted by atomic mass is 10.1. The Bertz CT molecular complexity index is 245. The van der Waals surface area contributed by atoms with E-state index in [-0.39, 0.29) is 5.54 Å². The van der Waals surface area contributed by atoms with Gasteiger partial charge in [-0.2, -0.15) is 0 Å². The van der Waals surface area contributed by atoms with E-state index in [1.165, 1.54) is 0 Å². The fourth-order valence-corrected chi connectivity index (χ4v) is 0.922. The predicted octanol–water partition coefficient (Wildman–Crippen LogP) is 1.61. The maximum Gasteiger partial charge on any atom is 0.103 e. The van der Waals surface area contributed by atoms with Gasteiger partial charge >= 0.3 is 0 Å². The molecule has 0 bridgehead atoms. The minimum atomic E-state index is 0.166. The second-order valence-corrected chi connectivity index (χ2v) is 4.10. The van der Waals surface area contributed by atoms with E-state index in [9.17, 15) is 0 Å². The van der Waals surface area contributed by atoms with Crippen LogP contribution in [0.25, 0.3) is 0 Å². The number of rotatable bonds is 2. The molecule has 0 unspecified atom stereocenters. The zero-order valence-electron chi connectivity index (χ0n) is 8.23. The third kappa shape index (κ3) is 3.05. The number of hydrogen-bond acceptors (Lipinski definition) is 2. The van der Waals surface area contributed by atoms with Crippen LogP contribution in [0.15, 0.2) is 6.20 Å². The molecule has 1 aromatic rings. The van der Waals surface area contributed by atoms with Crippen LogP contribution in [-0.4, -0.2) is 15.5 Å². The van der Waals surface area contributed by atoms with Crippen LogP contribution in [0.4, 0.5) is 0 Å². The summed E-state index contributed by atoms with van der Waals surface area (Å²) >= 11 is 0. The van der Waals surface area contributed by atoms with Crippen molar-refractivity contribution in [1.82, 2.24) is 15.3 Å². The predicted molar refractivity (Wildman–Crippen MR) is 49.9 cm³/mol. The zero-order valence-corrected chi connectivity index (χ0v) is 8.23. The largest absolute Gasteiger partial charge is 0.345 e. The van der Waals surface area contributed by atoms with Crippen LogP contribution in [0.5, 0.6) is 0 Å². The summed E-state index contributed by atoms with van der Waals surface area (Å²) < 4.78 is 0. The van der Waals surface area contributed by atoms with Crippen LogP contribution in [0.3, 0.4) is 0 Å². The molecule has 0 fully saturated rings. The molecule has 0 aromatic carbocycles. The van der Waals surface area contributed by atoms with Gasteiger partial charge in [0, 0.05) is 24.0 Å². The third-order valence-corrected chi connectivity index (χ3v) is 1.56. The van der Waals surface area contributed by atoms with Gasteiger partial charge in [-0.15, -0.1) is 0 Å². The molecule has 1 rings (SSSR count). The molecule has 0 saturated heterocycles. The lowest BCUT2D eigenvalue weighted by molar-refractivity contribution is 0.421. The SMILES string of the molecule is Cc1ncc(CNC(C)(C)C)[nH]1. The van der Waals surface area contributed by atoms with E-state index in [2.05, 4.69) is 36.1 Å². The molecule has 0 saturated carbocycles. The smallest absolute Gasteiger partial charge is 0.103 e. The monoisotopic (exact) mass is 167 g/mol. The van der Waals surface area contributed by atoms with Crippen molar-refractivity contribution >= 4 is 0 Å². The van der Waals surface area contributed by atoms with Crippen molar-refractivity contribution in [2.75, 3.05) is 0 Å². The van der Waals surface area contributed by atoms with Gasteiger partial charge in [-0.25, -0.2) is 4.98 Å². The van der Waals surface area contributed by atoms with Crippen LogP contribution in [0.2, 0.25) is 0 Å². The van der Waals surface area contributed by atoms with Crippen molar-refractivity contribution in [3.8, 4) is 0 Å². The summed E-state index contributed by atoms with van der Waals surface area (Å²) in [6, 6.07) is 0. The van der Waals surface area contributed by atoms with Crippen molar-refractivity contribution in [1.29, 1.82) is 0 Å². The van der Waals surface area contributed by atoms with Crippen LogP contribution < -0.4 is 5.32 Å². The molecule has 2 N–H and O–H groups in total. The van der Waals surface area contributed by atoms with E-state index in [4.69, 9.17) is 0 Å². The van der Waals surface area contributed by atoms with Crippen LogP contribution in [0.1, 0.15) is 32.3 Å². The second kappa shape index (κ2) is 3.27. The molecule has 0 radical (unpaired) electrons. The molecule has 0 amide bonds. The van der Waals surface area contributed by atoms with Crippen molar-refractivity contribution in [2.45, 2.75) is 39.8 Å². The molecule has 0 aliphatic rings. The molecule has 0 atom stereocenters. The van der Waals surface area contributed by atoms with E-state index < -0.39 is 0 Å². The molecule has 3 heteroatoms. The number of nitrogens with zero attached hydrogens (tertiary/aromatic N) is 1. The summed E-state index contributed by atoms with van der Waals surface area (Å²) in [5.41, 5.74) is 1.31. The molecule has 0 aliphatic heterocycles. The standard InChI is InChI=1S/C9H17N3/c1-7-10-5-8(12-7)6-11-9(2,3)4/h5,11H,6H2,1-4H3,(H,10,12). The van der Waals surface area contributed by atoms with Gasteiger partial charge in [0.1, 0.15) is 5.82 Å². The van der Waals surface area contributed by atoms with Gasteiger partial charge in [0.25, 0.3) is 0 Å². The highest BCUT2D eigenvalue weighted by Gasteiger charge is 2.08. The van der Waals surface area contributed by atoms with Gasteiger partial charge < -0.3 is 10.3 Å². The Morgan fingerprint density at radius 1 is 1.50 bits per heavy atom. The van der Waals surface area contributed by atoms with Gasteiger partial charge in [0.15, 0.2) is 0 Å². The van der Waals surface area contributed by atoms with Crippen molar-refractivity contribution in [3.05, 3.63) is 17.7 Å². The molecular weight excluding hydrogens is 150 g/mol. The highest BCUT2D eigenvalue weighted by molar-refractivity contribution is 4.99. The lowest BCUT2D eigenvalue weighted by Crippen LogP contribution is -2.35. The number of aromatic nitrogens is 2. The van der Waals surface area contributed by atoms with E-state index in [0.29, 0.717) is 0 Å². The first-order valence-corrected chi connectivity index (χ1v) is 4.23. The van der Waals surface area contributed by atoms with Gasteiger partial charge in [-0.05, 0) is 27.7 Å². The van der Waals surface area contributed by atoms with Crippen molar-refractivity contribution in [3.63, 3.8) is 0 Å². The summed E-state index contributed by atoms with van der Waals surface area (Å²) in [7, 11) is 0. The average molecular weight is 167 g/mol. The maximum absolute atomic E-state index is 4.12. The topological polar surface area (TPSA) is 40.7 Å². The normalized spacial score (nSPS) is 12.0. The highest BCUT2D eigenvalue weighted by atomic mass is 15.0. The fourth-order valence-electron chi connectivity index (χ4n) is 0.922. The molecule has 12 heavy (non-hydrogen) atoms. The van der Waals surface area contributed by atoms with E-state index in [1.54, 1.807) is 0 Å². The van der Waals surface area contributed by atoms with Gasteiger partial charge in [0.2, 0.25) is 0 Å². The second-order valence-electron chi connectivity index (χ2n) is 4.10. The third-order valence-electron chi connectivity index (χ3n) is 1.56. The van der Waals surface area contributed by atoms with Crippen LogP contribution >= 0.6 is 0 Å². The van der Waals surface area contributed by atoms with E-state index >= 15 is 0 Å². The first-order chi connectivity index (χ1) is 5.47. The van der Waals surface area contributed by atoms with E-state index in [1.807, 2.05) is 13.1 Å². The van der Waals surface area contributed by atoms with Gasteiger partial charge in [-0.1, -0.05) is 0 Å². The van der Waals surface area contributed by atoms with Gasteiger partial charge in [0.05, 0.1) is 0 Å². The van der Waals surface area contributed by atoms with Crippen molar-refractivity contribution < 1.29 is 0 Å². The van der Waals surface area contributed by atoms with Crippen molar-refractivity contribution in [2.24, 2.45) is 0 Å². The molecule has 68 valence electrons. The molecule has 3 nitrogen and oxygen atoms in total. The van der Waals surface area contributed by atoms with Gasteiger partial charge in [-0.3, -0.25) is 0 Å². The summed E-state index contributed by atoms with van der Waals surface area (Å²) in [5, 5.41) is 3.38. The Labute approximate surface area is 73.6 Å². The number of aryl methyl sites for hydroxylation is 1. The Hall–Kier alpha value is -0.830. The summed E-state index contributed by atoms with van der Waals surface area (Å²) in [5.74, 6) is 0.973. The first-order valence-electron chi connectivity index (χ1n) is 4.23. The average Bonchev–Trinajstić information content (AvgIpc) is 2.30. The minimum absolute atomic E-state index is 0.166. The first kappa shape index (κ1) is 9.26. The molecule has 0 aliphatic carbocycles. The molecule has 1 aromatic heterocycles. The quantitative estimate of drug-likeness (QED) is 0.702. The summed E-state index contributed by atoms with van der Waals surface area (Å²) in [4.78, 5) is 7.30. The minimum Gasteiger partial charge on any atom is -0.345 e. The Kier molecular flexibility index (Phi) is 2.52. The number of nitrogens with one attached hydrogen (secondary N) is 2. The molecular formula is C9H17N3. The number of imidazole rings is 1. The molecule has 1 heterocycles. The fraction of sp³-hybridized carbons (Fsp3) is 0.667. The van der Waals surface area contributed by atoms with Crippen LogP contribution in [0, 0.1) is 6.92 Å². The maximum atomic E-state index is 4.12. The summed E-state index contributed by atoms with van der Waals surface area (Å²) in [6.07, 6.45) is 1.87. The molecule has 0 spiro atoms. The number of H-pyrrole nitrogens is 1. The lowest BCUT2D eigenvalue weighted by Gasteiger charge is -2.19. The summed E-state index contributed by atoms with van der Waals surface area (Å²) in [6.45, 7) is 9.26. The number of aromatic amines is 1.